The van der Waals surface area contributed by atoms with Crippen molar-refractivity contribution in [2.45, 2.75) is 37.9 Å². The summed E-state index contributed by atoms with van der Waals surface area (Å²) in [6, 6.07) is 28.0. The summed E-state index contributed by atoms with van der Waals surface area (Å²) in [5.41, 5.74) is 11.7. The van der Waals surface area contributed by atoms with Crippen molar-refractivity contribution in [2.75, 3.05) is 20.2 Å². The first-order chi connectivity index (χ1) is 18.0. The van der Waals surface area contributed by atoms with Crippen molar-refractivity contribution in [3.8, 4) is 5.75 Å². The zero-order valence-corrected chi connectivity index (χ0v) is 21.8. The molecular weight excluding hydrogens is 458 g/mol. The van der Waals surface area contributed by atoms with E-state index in [1.54, 1.807) is 7.11 Å². The molecule has 3 aromatic rings. The summed E-state index contributed by atoms with van der Waals surface area (Å²) in [7, 11) is 1.71. The Morgan fingerprint density at radius 1 is 1.08 bits per heavy atom. The number of carbonyl (C=O) groups excluding carboxylic acids is 1. The minimum absolute atomic E-state index is 0.0867. The van der Waals surface area contributed by atoms with Gasteiger partial charge in [-0.25, -0.2) is 0 Å². The highest BCUT2D eigenvalue weighted by Gasteiger charge is 2.51. The molecule has 5 nitrogen and oxygen atoms in total. The number of allylic oxidation sites excluding steroid dienone is 1. The Morgan fingerprint density at radius 3 is 2.30 bits per heavy atom. The molecule has 192 valence electrons. The van der Waals surface area contributed by atoms with Crippen LogP contribution >= 0.6 is 0 Å². The number of hydrogen-bond acceptors (Lipinski definition) is 4. The maximum Gasteiger partial charge on any atom is 0.222 e. The van der Waals surface area contributed by atoms with Crippen LogP contribution in [0.2, 0.25) is 0 Å². The number of benzene rings is 3. The number of amides is 1. The zero-order valence-electron chi connectivity index (χ0n) is 21.8. The number of nitrogens with zero attached hydrogens (tertiary/aromatic N) is 1. The smallest absolute Gasteiger partial charge is 0.222 e. The number of hydrogen-bond donors (Lipinski definition) is 2. The number of ether oxygens (including phenoxy) is 1. The lowest BCUT2D eigenvalue weighted by molar-refractivity contribution is -0.132. The summed E-state index contributed by atoms with van der Waals surface area (Å²) in [6.45, 7) is 8.46. The molecule has 2 bridgehead atoms. The van der Waals surface area contributed by atoms with Gasteiger partial charge in [-0.3, -0.25) is 9.69 Å². The molecule has 3 aliphatic heterocycles. The number of primary amides is 1. The van der Waals surface area contributed by atoms with Gasteiger partial charge in [0, 0.05) is 36.7 Å². The van der Waals surface area contributed by atoms with E-state index in [0.717, 1.165) is 35.4 Å². The molecule has 0 saturated carbocycles. The quantitative estimate of drug-likeness (QED) is 0.447. The number of nitrogens with one attached hydrogen (secondary N) is 1. The molecule has 3 fully saturated rings. The molecule has 1 unspecified atom stereocenters. The Hall–Kier alpha value is -3.41. The molecule has 5 heteroatoms. The fourth-order valence-corrected chi connectivity index (χ4v) is 6.49. The lowest BCUT2D eigenvalue weighted by atomic mass is 9.66. The van der Waals surface area contributed by atoms with E-state index >= 15 is 0 Å². The summed E-state index contributed by atoms with van der Waals surface area (Å²) in [5, 5.41) is 3.91. The molecule has 3 aliphatic rings. The Bertz CT molecular complexity index is 1200. The minimum atomic E-state index is -0.196. The third-order valence-corrected chi connectivity index (χ3v) is 8.27. The van der Waals surface area contributed by atoms with Crippen LogP contribution in [-0.2, 0) is 11.3 Å². The second-order valence-corrected chi connectivity index (χ2v) is 10.5. The van der Waals surface area contributed by atoms with Crippen molar-refractivity contribution in [1.82, 2.24) is 10.2 Å². The van der Waals surface area contributed by atoms with Crippen molar-refractivity contribution in [2.24, 2.45) is 17.6 Å². The number of nitrogens with two attached hydrogens (primary N) is 1. The van der Waals surface area contributed by atoms with Gasteiger partial charge in [0.2, 0.25) is 5.91 Å². The summed E-state index contributed by atoms with van der Waals surface area (Å²) in [4.78, 5) is 15.0. The fraction of sp³-hybridized carbons (Fsp3) is 0.344. The van der Waals surface area contributed by atoms with Gasteiger partial charge < -0.3 is 15.8 Å². The molecule has 3 saturated heterocycles. The van der Waals surface area contributed by atoms with Crippen LogP contribution in [0.5, 0.6) is 5.75 Å². The maximum absolute atomic E-state index is 12.5. The second-order valence-electron chi connectivity index (χ2n) is 10.5. The highest BCUT2D eigenvalue weighted by Crippen LogP contribution is 2.44. The molecule has 0 aliphatic carbocycles. The van der Waals surface area contributed by atoms with Gasteiger partial charge in [0.25, 0.3) is 0 Å². The van der Waals surface area contributed by atoms with Gasteiger partial charge in [-0.05, 0) is 54.6 Å². The first kappa shape index (κ1) is 25.2. The highest BCUT2D eigenvalue weighted by molar-refractivity contribution is 5.77. The molecular formula is C32H37N3O2. The second kappa shape index (κ2) is 10.9. The lowest BCUT2D eigenvalue weighted by Gasteiger charge is -2.56. The summed E-state index contributed by atoms with van der Waals surface area (Å²) in [5.74, 6) is 0.846. The van der Waals surface area contributed by atoms with E-state index in [1.807, 2.05) is 19.1 Å². The molecule has 37 heavy (non-hydrogen) atoms. The van der Waals surface area contributed by atoms with Crippen LogP contribution in [0.3, 0.4) is 0 Å². The largest absolute Gasteiger partial charge is 0.496 e. The normalized spacial score (nSPS) is 24.7. The molecule has 6 rings (SSSR count). The molecule has 0 spiro atoms. The van der Waals surface area contributed by atoms with Crippen molar-refractivity contribution >= 4 is 11.5 Å². The van der Waals surface area contributed by atoms with Gasteiger partial charge in [0.15, 0.2) is 0 Å². The monoisotopic (exact) mass is 495 g/mol. The first-order valence-electron chi connectivity index (χ1n) is 13.2. The van der Waals surface area contributed by atoms with Crippen molar-refractivity contribution < 1.29 is 9.53 Å². The molecule has 0 aromatic heterocycles. The zero-order chi connectivity index (χ0) is 25.9. The Kier molecular flexibility index (Phi) is 7.45. The van der Waals surface area contributed by atoms with Gasteiger partial charge in [-0.15, -0.1) is 0 Å². The lowest BCUT2D eigenvalue weighted by Crippen LogP contribution is -2.68. The van der Waals surface area contributed by atoms with E-state index in [4.69, 9.17) is 10.5 Å². The Morgan fingerprint density at radius 2 is 1.73 bits per heavy atom. The molecule has 5 atom stereocenters. The van der Waals surface area contributed by atoms with Gasteiger partial charge >= 0.3 is 0 Å². The number of piperidine rings is 3. The Labute approximate surface area is 220 Å². The van der Waals surface area contributed by atoms with E-state index in [-0.39, 0.29) is 35.7 Å². The standard InChI is InChI=1S/C32H37N3O2/c1-21(2)24-14-15-28(37-3)25(18-24)19-34-30-26-16-17-35(20-27(26)32(33)36)31(30)29(22-10-6-4-7-11-22)23-12-8-5-9-13-23/h4-15,18,26-27,29-31,34H,1,16-17,19-20H2,2-3H3,(H2,33,36)/t26-,27-,30-,31-/m0/s1. The predicted octanol–water partition coefficient (Wildman–Crippen LogP) is 4.82. The highest BCUT2D eigenvalue weighted by atomic mass is 16.5. The van der Waals surface area contributed by atoms with E-state index in [1.165, 1.54) is 11.1 Å². The minimum Gasteiger partial charge on any atom is -0.496 e. The van der Waals surface area contributed by atoms with Crippen molar-refractivity contribution in [1.29, 1.82) is 0 Å². The van der Waals surface area contributed by atoms with Crippen LogP contribution in [-0.4, -0.2) is 43.1 Å². The molecule has 3 N–H and O–H groups in total. The predicted molar refractivity (Wildman–Crippen MR) is 149 cm³/mol. The van der Waals surface area contributed by atoms with Gasteiger partial charge in [-0.2, -0.15) is 0 Å². The Balaban J connectivity index is 1.54. The SMILES string of the molecule is C=C(C)c1ccc(OC)c(CN[C@H]2[C@H]3CCN(C[C@@H]3C(N)=O)[C@H]2C(c2ccccc2)c2ccccc2)c1. The van der Waals surface area contributed by atoms with Crippen LogP contribution in [0.15, 0.2) is 85.4 Å². The van der Waals surface area contributed by atoms with Gasteiger partial charge in [0.1, 0.15) is 5.75 Å². The van der Waals surface area contributed by atoms with Crippen LogP contribution in [0.1, 0.15) is 41.5 Å². The van der Waals surface area contributed by atoms with Crippen molar-refractivity contribution in [3.63, 3.8) is 0 Å². The number of fused-ring (bicyclic) bond motifs is 3. The molecule has 0 radical (unpaired) electrons. The molecule has 3 aromatic carbocycles. The average molecular weight is 496 g/mol. The maximum atomic E-state index is 12.5. The summed E-state index contributed by atoms with van der Waals surface area (Å²) >= 11 is 0. The van der Waals surface area contributed by atoms with E-state index in [2.05, 4.69) is 83.5 Å². The fourth-order valence-electron chi connectivity index (χ4n) is 6.49. The van der Waals surface area contributed by atoms with Crippen LogP contribution < -0.4 is 15.8 Å². The third-order valence-electron chi connectivity index (χ3n) is 8.27. The van der Waals surface area contributed by atoms with E-state index in [0.29, 0.717) is 13.1 Å². The average Bonchev–Trinajstić information content (AvgIpc) is 2.93. The summed E-state index contributed by atoms with van der Waals surface area (Å²) in [6.07, 6.45) is 0.959. The summed E-state index contributed by atoms with van der Waals surface area (Å²) < 4.78 is 5.70. The van der Waals surface area contributed by atoms with Gasteiger partial charge in [-0.1, -0.05) is 78.9 Å². The van der Waals surface area contributed by atoms with Crippen molar-refractivity contribution in [3.05, 3.63) is 108 Å². The topological polar surface area (TPSA) is 67.6 Å². The first-order valence-corrected chi connectivity index (χ1v) is 13.2. The van der Waals surface area contributed by atoms with Crippen LogP contribution in [0.25, 0.3) is 5.57 Å². The van der Waals surface area contributed by atoms with Crippen LogP contribution in [0, 0.1) is 11.8 Å². The van der Waals surface area contributed by atoms with E-state index < -0.39 is 0 Å². The number of carbonyl (C=O) groups is 1. The number of methoxy groups -OCH3 is 1. The molecule has 1 amide bonds. The van der Waals surface area contributed by atoms with E-state index in [9.17, 15) is 4.79 Å². The molecule has 3 heterocycles. The third kappa shape index (κ3) is 5.07. The number of rotatable bonds is 9. The van der Waals surface area contributed by atoms with Gasteiger partial charge in [0.05, 0.1) is 13.0 Å². The van der Waals surface area contributed by atoms with Crippen LogP contribution in [0.4, 0.5) is 0 Å².